The van der Waals surface area contributed by atoms with Gasteiger partial charge in [-0.25, -0.2) is 0 Å². The summed E-state index contributed by atoms with van der Waals surface area (Å²) in [5.41, 5.74) is 2.04. The highest BCUT2D eigenvalue weighted by atomic mass is 16.5. The Hall–Kier alpha value is -1.88. The first kappa shape index (κ1) is 16.5. The van der Waals surface area contributed by atoms with E-state index < -0.39 is 5.41 Å². The largest absolute Gasteiger partial charge is 0.385 e. The molecule has 0 bridgehead atoms. The Morgan fingerprint density at radius 2 is 1.77 bits per heavy atom. The van der Waals surface area contributed by atoms with Crippen molar-refractivity contribution in [2.24, 2.45) is 5.41 Å². The van der Waals surface area contributed by atoms with Gasteiger partial charge in [-0.15, -0.1) is 0 Å². The molecule has 2 N–H and O–H groups in total. The third kappa shape index (κ3) is 3.85. The van der Waals surface area contributed by atoms with E-state index in [0.29, 0.717) is 26.0 Å². The molecule has 22 heavy (non-hydrogen) atoms. The van der Waals surface area contributed by atoms with Crippen molar-refractivity contribution >= 4 is 17.5 Å². The van der Waals surface area contributed by atoms with Crippen molar-refractivity contribution in [3.8, 4) is 0 Å². The molecule has 1 aliphatic rings. The van der Waals surface area contributed by atoms with E-state index in [4.69, 9.17) is 4.74 Å². The van der Waals surface area contributed by atoms with E-state index >= 15 is 0 Å². The fourth-order valence-electron chi connectivity index (χ4n) is 2.57. The molecule has 120 valence electrons. The van der Waals surface area contributed by atoms with E-state index in [9.17, 15) is 9.59 Å². The number of carbonyl (C=O) groups is 2. The van der Waals surface area contributed by atoms with Gasteiger partial charge in [-0.1, -0.05) is 6.07 Å². The van der Waals surface area contributed by atoms with E-state index in [-0.39, 0.29) is 11.8 Å². The lowest BCUT2D eigenvalue weighted by molar-refractivity contribution is -0.134. The second-order valence-corrected chi connectivity index (χ2v) is 6.01. The first-order valence-electron chi connectivity index (χ1n) is 7.65. The van der Waals surface area contributed by atoms with Gasteiger partial charge in [-0.05, 0) is 56.4 Å². The summed E-state index contributed by atoms with van der Waals surface area (Å²) in [4.78, 5) is 24.7. The smallest absolute Gasteiger partial charge is 0.240 e. The third-order valence-electron chi connectivity index (χ3n) is 3.91. The van der Waals surface area contributed by atoms with Gasteiger partial charge in [0.05, 0.1) is 0 Å². The van der Waals surface area contributed by atoms with Gasteiger partial charge in [-0.2, -0.15) is 0 Å². The number of aryl methyl sites for hydroxylation is 2. The molecule has 1 aromatic rings. The van der Waals surface area contributed by atoms with E-state index in [1.54, 1.807) is 7.11 Å². The molecule has 0 radical (unpaired) electrons. The Bertz CT molecular complexity index is 545. The number of hydrogen-bond donors (Lipinski definition) is 2. The van der Waals surface area contributed by atoms with Gasteiger partial charge in [0.1, 0.15) is 5.41 Å². The Morgan fingerprint density at radius 1 is 1.14 bits per heavy atom. The van der Waals surface area contributed by atoms with Gasteiger partial charge in [-0.3, -0.25) is 9.59 Å². The highest BCUT2D eigenvalue weighted by Crippen LogP contribution is 2.46. The number of anilines is 1. The van der Waals surface area contributed by atoms with Gasteiger partial charge < -0.3 is 15.4 Å². The van der Waals surface area contributed by atoms with Crippen LogP contribution >= 0.6 is 0 Å². The number of nitrogens with one attached hydrogen (secondary N) is 2. The zero-order chi connectivity index (χ0) is 16.2. The maximum absolute atomic E-state index is 12.5. The summed E-state index contributed by atoms with van der Waals surface area (Å²) in [7, 11) is 1.63. The first-order valence-corrected chi connectivity index (χ1v) is 7.65. The van der Waals surface area contributed by atoms with Crippen LogP contribution in [0.3, 0.4) is 0 Å². The standard InChI is InChI=1S/C17H24N2O3/c1-12-9-13(2)11-14(10-12)19-16(21)17(5-6-17)15(20)18-7-4-8-22-3/h9-11H,4-8H2,1-3H3,(H,18,20)(H,19,21). The van der Waals surface area contributed by atoms with Crippen LogP contribution in [0.15, 0.2) is 18.2 Å². The fourth-order valence-corrected chi connectivity index (χ4v) is 2.57. The molecule has 0 saturated heterocycles. The molecule has 1 saturated carbocycles. The maximum Gasteiger partial charge on any atom is 0.240 e. The molecule has 2 amide bonds. The molecule has 0 aliphatic heterocycles. The topological polar surface area (TPSA) is 67.4 Å². The number of carbonyl (C=O) groups excluding carboxylic acids is 2. The van der Waals surface area contributed by atoms with Crippen molar-refractivity contribution in [3.05, 3.63) is 29.3 Å². The van der Waals surface area contributed by atoms with Crippen LogP contribution in [0.4, 0.5) is 5.69 Å². The Labute approximate surface area is 131 Å². The van der Waals surface area contributed by atoms with Crippen molar-refractivity contribution in [1.82, 2.24) is 5.32 Å². The lowest BCUT2D eigenvalue weighted by atomic mass is 10.0. The Morgan fingerprint density at radius 3 is 2.32 bits per heavy atom. The third-order valence-corrected chi connectivity index (χ3v) is 3.91. The lowest BCUT2D eigenvalue weighted by Crippen LogP contribution is -2.40. The lowest BCUT2D eigenvalue weighted by Gasteiger charge is -2.16. The van der Waals surface area contributed by atoms with E-state index in [1.807, 2.05) is 32.0 Å². The molecule has 5 nitrogen and oxygen atoms in total. The van der Waals surface area contributed by atoms with Crippen molar-refractivity contribution < 1.29 is 14.3 Å². The van der Waals surface area contributed by atoms with Crippen molar-refractivity contribution in [2.45, 2.75) is 33.1 Å². The minimum Gasteiger partial charge on any atom is -0.385 e. The summed E-state index contributed by atoms with van der Waals surface area (Å²) in [6.45, 7) is 5.10. The predicted molar refractivity (Wildman–Crippen MR) is 85.7 cm³/mol. The van der Waals surface area contributed by atoms with Crippen LogP contribution in [0.5, 0.6) is 0 Å². The van der Waals surface area contributed by atoms with E-state index in [0.717, 1.165) is 23.2 Å². The second kappa shape index (κ2) is 6.92. The van der Waals surface area contributed by atoms with E-state index in [2.05, 4.69) is 10.6 Å². The highest BCUT2D eigenvalue weighted by molar-refractivity contribution is 6.13. The van der Waals surface area contributed by atoms with Crippen LogP contribution in [0.2, 0.25) is 0 Å². The summed E-state index contributed by atoms with van der Waals surface area (Å²) in [5, 5.41) is 5.71. The van der Waals surface area contributed by atoms with Gasteiger partial charge in [0.25, 0.3) is 0 Å². The van der Waals surface area contributed by atoms with Crippen molar-refractivity contribution in [1.29, 1.82) is 0 Å². The summed E-state index contributed by atoms with van der Waals surface area (Å²) in [5.74, 6) is -0.382. The molecule has 1 fully saturated rings. The molecule has 5 heteroatoms. The normalized spacial score (nSPS) is 15.2. The predicted octanol–water partition coefficient (Wildman–Crippen LogP) is 2.17. The molecule has 2 rings (SSSR count). The van der Waals surface area contributed by atoms with Crippen LogP contribution in [0.25, 0.3) is 0 Å². The molecule has 0 unspecified atom stereocenters. The van der Waals surface area contributed by atoms with Gasteiger partial charge in [0.2, 0.25) is 11.8 Å². The number of amides is 2. The minimum absolute atomic E-state index is 0.175. The van der Waals surface area contributed by atoms with Gasteiger partial charge in [0.15, 0.2) is 0 Å². The highest BCUT2D eigenvalue weighted by Gasteiger charge is 2.56. The fraction of sp³-hybridized carbons (Fsp3) is 0.529. The van der Waals surface area contributed by atoms with Crippen LogP contribution in [-0.4, -0.2) is 32.1 Å². The van der Waals surface area contributed by atoms with Crippen LogP contribution in [0, 0.1) is 19.3 Å². The number of ether oxygens (including phenoxy) is 1. The molecule has 0 aromatic heterocycles. The molecule has 0 heterocycles. The summed E-state index contributed by atoms with van der Waals surface area (Å²) in [6, 6.07) is 5.88. The van der Waals surface area contributed by atoms with Gasteiger partial charge >= 0.3 is 0 Å². The Kier molecular flexibility index (Phi) is 5.19. The number of hydrogen-bond acceptors (Lipinski definition) is 3. The zero-order valence-corrected chi connectivity index (χ0v) is 13.5. The quantitative estimate of drug-likeness (QED) is 0.599. The minimum atomic E-state index is -0.884. The number of rotatable bonds is 7. The average Bonchev–Trinajstić information content (AvgIpc) is 3.24. The first-order chi connectivity index (χ1) is 10.5. The van der Waals surface area contributed by atoms with Crippen LogP contribution < -0.4 is 10.6 Å². The summed E-state index contributed by atoms with van der Waals surface area (Å²) < 4.78 is 4.94. The molecule has 1 aliphatic carbocycles. The van der Waals surface area contributed by atoms with Crippen LogP contribution in [0.1, 0.15) is 30.4 Å². The van der Waals surface area contributed by atoms with Gasteiger partial charge in [0, 0.05) is 25.9 Å². The second-order valence-electron chi connectivity index (χ2n) is 6.01. The maximum atomic E-state index is 12.5. The molecular formula is C17H24N2O3. The zero-order valence-electron chi connectivity index (χ0n) is 13.5. The molecule has 0 atom stereocenters. The molecular weight excluding hydrogens is 280 g/mol. The van der Waals surface area contributed by atoms with E-state index in [1.165, 1.54) is 0 Å². The molecule has 0 spiro atoms. The number of methoxy groups -OCH3 is 1. The average molecular weight is 304 g/mol. The van der Waals surface area contributed by atoms with Crippen molar-refractivity contribution in [2.75, 3.05) is 25.6 Å². The number of benzene rings is 1. The Balaban J connectivity index is 1.94. The summed E-state index contributed by atoms with van der Waals surface area (Å²) in [6.07, 6.45) is 1.97. The molecule has 1 aromatic carbocycles. The monoisotopic (exact) mass is 304 g/mol. The van der Waals surface area contributed by atoms with Crippen molar-refractivity contribution in [3.63, 3.8) is 0 Å². The SMILES string of the molecule is COCCCNC(=O)C1(C(=O)Nc2cc(C)cc(C)c2)CC1. The van der Waals surface area contributed by atoms with Crippen LogP contribution in [-0.2, 0) is 14.3 Å². The summed E-state index contributed by atoms with van der Waals surface area (Å²) >= 11 is 0.